The molecule has 2 amide bonds. The Bertz CT molecular complexity index is 952. The standard InChI is InChI=1S/C24H28N2O5/c1-16(23(29)26(24(2,3)4)15-17-10-6-5-7-11-17)30-21(27)14-20-22(28)25-18-12-8-9-13-19(18)31-20/h5-13,16,20H,14-15H2,1-4H3,(H,25,28)/t16-,20+/m0/s1. The molecular formula is C24H28N2O5. The third kappa shape index (κ3) is 5.63. The van der Waals surface area contributed by atoms with Gasteiger partial charge in [-0.05, 0) is 45.4 Å². The first-order valence-corrected chi connectivity index (χ1v) is 10.3. The van der Waals surface area contributed by atoms with Crippen LogP contribution in [-0.4, -0.2) is 40.4 Å². The second-order valence-corrected chi connectivity index (χ2v) is 8.51. The third-order valence-electron chi connectivity index (χ3n) is 4.97. The van der Waals surface area contributed by atoms with E-state index in [9.17, 15) is 14.4 Å². The molecule has 0 aliphatic carbocycles. The van der Waals surface area contributed by atoms with Crippen LogP contribution in [0.1, 0.15) is 39.7 Å². The average molecular weight is 424 g/mol. The lowest BCUT2D eigenvalue weighted by atomic mass is 10.0. The Labute approximate surface area is 182 Å². The summed E-state index contributed by atoms with van der Waals surface area (Å²) in [5, 5.41) is 2.71. The minimum absolute atomic E-state index is 0.286. The van der Waals surface area contributed by atoms with Crippen molar-refractivity contribution < 1.29 is 23.9 Å². The number of rotatable bonds is 6. The first-order valence-electron chi connectivity index (χ1n) is 10.3. The van der Waals surface area contributed by atoms with Crippen molar-refractivity contribution in [3.05, 3.63) is 60.2 Å². The summed E-state index contributed by atoms with van der Waals surface area (Å²) in [7, 11) is 0. The summed E-state index contributed by atoms with van der Waals surface area (Å²) in [5.74, 6) is -0.904. The Hall–Kier alpha value is -3.35. The van der Waals surface area contributed by atoms with Crippen LogP contribution < -0.4 is 10.1 Å². The fourth-order valence-electron chi connectivity index (χ4n) is 3.31. The molecule has 0 aromatic heterocycles. The predicted octanol–water partition coefficient (Wildman–Crippen LogP) is 3.54. The monoisotopic (exact) mass is 424 g/mol. The van der Waals surface area contributed by atoms with Crippen molar-refractivity contribution in [3.63, 3.8) is 0 Å². The average Bonchev–Trinajstić information content (AvgIpc) is 2.72. The van der Waals surface area contributed by atoms with Gasteiger partial charge in [0.15, 0.2) is 12.2 Å². The van der Waals surface area contributed by atoms with E-state index in [0.717, 1.165) is 5.56 Å². The van der Waals surface area contributed by atoms with Crippen LogP contribution >= 0.6 is 0 Å². The van der Waals surface area contributed by atoms with Gasteiger partial charge in [0.25, 0.3) is 11.8 Å². The number of anilines is 1. The number of carbonyl (C=O) groups is 3. The lowest BCUT2D eigenvalue weighted by Gasteiger charge is -2.37. The molecule has 1 N–H and O–H groups in total. The zero-order valence-electron chi connectivity index (χ0n) is 18.3. The van der Waals surface area contributed by atoms with Crippen molar-refractivity contribution in [3.8, 4) is 5.75 Å². The second-order valence-electron chi connectivity index (χ2n) is 8.51. The van der Waals surface area contributed by atoms with Gasteiger partial charge in [0.05, 0.1) is 12.1 Å². The number of hydrogen-bond donors (Lipinski definition) is 1. The topological polar surface area (TPSA) is 84.9 Å². The fourth-order valence-corrected chi connectivity index (χ4v) is 3.31. The van der Waals surface area contributed by atoms with Crippen molar-refractivity contribution in [1.29, 1.82) is 0 Å². The van der Waals surface area contributed by atoms with E-state index in [4.69, 9.17) is 9.47 Å². The molecule has 7 heteroatoms. The number of carbonyl (C=O) groups excluding carboxylic acids is 3. The Morgan fingerprint density at radius 3 is 2.42 bits per heavy atom. The highest BCUT2D eigenvalue weighted by atomic mass is 16.6. The lowest BCUT2D eigenvalue weighted by molar-refractivity contribution is -0.163. The molecule has 2 aromatic rings. The first-order chi connectivity index (χ1) is 14.6. The summed E-state index contributed by atoms with van der Waals surface area (Å²) in [6.07, 6.45) is -2.28. The molecule has 0 fully saturated rings. The summed E-state index contributed by atoms with van der Waals surface area (Å²) in [4.78, 5) is 39.5. The first kappa shape index (κ1) is 22.3. The summed E-state index contributed by atoms with van der Waals surface area (Å²) < 4.78 is 11.0. The Balaban J connectivity index is 1.62. The molecule has 0 saturated heterocycles. The van der Waals surface area contributed by atoms with E-state index in [1.54, 1.807) is 36.1 Å². The maximum Gasteiger partial charge on any atom is 0.310 e. The summed E-state index contributed by atoms with van der Waals surface area (Å²) in [5.41, 5.74) is 1.07. The summed E-state index contributed by atoms with van der Waals surface area (Å²) in [6, 6.07) is 16.6. The molecule has 0 bridgehead atoms. The normalized spacial score (nSPS) is 16.4. The number of para-hydroxylation sites is 2. The number of esters is 1. The third-order valence-corrected chi connectivity index (χ3v) is 4.97. The van der Waals surface area contributed by atoms with Gasteiger partial charge in [-0.2, -0.15) is 0 Å². The molecule has 1 aliphatic rings. The van der Waals surface area contributed by atoms with Gasteiger partial charge < -0.3 is 19.7 Å². The molecule has 1 heterocycles. The van der Waals surface area contributed by atoms with Crippen LogP contribution in [-0.2, 0) is 25.7 Å². The number of fused-ring (bicyclic) bond motifs is 1. The highest BCUT2D eigenvalue weighted by Crippen LogP contribution is 2.29. The highest BCUT2D eigenvalue weighted by Gasteiger charge is 2.34. The summed E-state index contributed by atoms with van der Waals surface area (Å²) in [6.45, 7) is 7.73. The van der Waals surface area contributed by atoms with E-state index in [1.807, 2.05) is 51.1 Å². The van der Waals surface area contributed by atoms with Crippen LogP contribution in [0.15, 0.2) is 54.6 Å². The van der Waals surface area contributed by atoms with E-state index in [1.165, 1.54) is 0 Å². The largest absolute Gasteiger partial charge is 0.478 e. The molecule has 2 atom stereocenters. The van der Waals surface area contributed by atoms with Crippen molar-refractivity contribution in [2.24, 2.45) is 0 Å². The molecule has 1 aliphatic heterocycles. The van der Waals surface area contributed by atoms with E-state index < -0.39 is 29.6 Å². The minimum Gasteiger partial charge on any atom is -0.478 e. The van der Waals surface area contributed by atoms with Gasteiger partial charge in [-0.25, -0.2) is 0 Å². The smallest absolute Gasteiger partial charge is 0.310 e. The molecule has 0 radical (unpaired) electrons. The fraction of sp³-hybridized carbons (Fsp3) is 0.375. The van der Waals surface area contributed by atoms with E-state index in [-0.39, 0.29) is 12.3 Å². The summed E-state index contributed by atoms with van der Waals surface area (Å²) >= 11 is 0. The SMILES string of the molecule is C[C@H](OC(=O)C[C@H]1Oc2ccccc2NC1=O)C(=O)N(Cc1ccccc1)C(C)(C)C. The Kier molecular flexibility index (Phi) is 6.63. The van der Waals surface area contributed by atoms with E-state index in [0.29, 0.717) is 18.0 Å². The maximum absolute atomic E-state index is 13.1. The van der Waals surface area contributed by atoms with Crippen molar-refractivity contribution in [2.75, 3.05) is 5.32 Å². The number of nitrogens with zero attached hydrogens (tertiary/aromatic N) is 1. The Morgan fingerprint density at radius 2 is 1.74 bits per heavy atom. The number of benzene rings is 2. The van der Waals surface area contributed by atoms with Crippen molar-refractivity contribution >= 4 is 23.5 Å². The van der Waals surface area contributed by atoms with Crippen molar-refractivity contribution in [1.82, 2.24) is 4.90 Å². The predicted molar refractivity (Wildman–Crippen MR) is 116 cm³/mol. The molecule has 2 aromatic carbocycles. The van der Waals surface area contributed by atoms with Gasteiger partial charge in [-0.15, -0.1) is 0 Å². The second kappa shape index (κ2) is 9.20. The van der Waals surface area contributed by atoms with Crippen molar-refractivity contribution in [2.45, 2.75) is 58.4 Å². The quantitative estimate of drug-likeness (QED) is 0.717. The maximum atomic E-state index is 13.1. The van der Waals surface area contributed by atoms with Crippen LogP contribution in [0.4, 0.5) is 5.69 Å². The number of amides is 2. The van der Waals surface area contributed by atoms with Crippen LogP contribution in [0.5, 0.6) is 5.75 Å². The number of ether oxygens (including phenoxy) is 2. The van der Waals surface area contributed by atoms with Gasteiger partial charge >= 0.3 is 5.97 Å². The van der Waals surface area contributed by atoms with Crippen LogP contribution in [0.25, 0.3) is 0 Å². The Morgan fingerprint density at radius 1 is 1.10 bits per heavy atom. The molecule has 3 rings (SSSR count). The molecule has 164 valence electrons. The van der Waals surface area contributed by atoms with Gasteiger partial charge in [-0.3, -0.25) is 14.4 Å². The molecule has 0 saturated carbocycles. The minimum atomic E-state index is -1.01. The van der Waals surface area contributed by atoms with Gasteiger partial charge in [0, 0.05) is 12.1 Å². The zero-order chi connectivity index (χ0) is 22.6. The van der Waals surface area contributed by atoms with Gasteiger partial charge in [0.2, 0.25) is 0 Å². The molecule has 7 nitrogen and oxygen atoms in total. The van der Waals surface area contributed by atoms with Crippen LogP contribution in [0, 0.1) is 0 Å². The molecule has 0 spiro atoms. The van der Waals surface area contributed by atoms with Gasteiger partial charge in [0.1, 0.15) is 5.75 Å². The molecular weight excluding hydrogens is 396 g/mol. The molecule has 0 unspecified atom stereocenters. The van der Waals surface area contributed by atoms with E-state index in [2.05, 4.69) is 5.32 Å². The number of hydrogen-bond acceptors (Lipinski definition) is 5. The zero-order valence-corrected chi connectivity index (χ0v) is 18.3. The van der Waals surface area contributed by atoms with Crippen LogP contribution in [0.2, 0.25) is 0 Å². The van der Waals surface area contributed by atoms with Gasteiger partial charge in [-0.1, -0.05) is 42.5 Å². The van der Waals surface area contributed by atoms with Crippen LogP contribution in [0.3, 0.4) is 0 Å². The lowest BCUT2D eigenvalue weighted by Crippen LogP contribution is -2.50. The molecule has 31 heavy (non-hydrogen) atoms. The number of nitrogens with one attached hydrogen (secondary N) is 1. The van der Waals surface area contributed by atoms with E-state index >= 15 is 0 Å². The highest BCUT2D eigenvalue weighted by molar-refractivity contribution is 5.99.